The van der Waals surface area contributed by atoms with E-state index in [2.05, 4.69) is 29.1 Å². The maximum atomic E-state index is 11.1. The second kappa shape index (κ2) is 6.34. The molecule has 1 N–H and O–H groups in total. The van der Waals surface area contributed by atoms with Crippen molar-refractivity contribution in [1.29, 1.82) is 0 Å². The molecular weight excluding hydrogens is 310 g/mol. The lowest BCUT2D eigenvalue weighted by atomic mass is 10.0. The molecule has 1 atom stereocenters. The van der Waals surface area contributed by atoms with Crippen molar-refractivity contribution < 1.29 is 9.90 Å². The highest BCUT2D eigenvalue weighted by atomic mass is 32.1. The quantitative estimate of drug-likeness (QED) is 0.773. The first-order chi connectivity index (χ1) is 11.0. The minimum atomic E-state index is -0.941. The summed E-state index contributed by atoms with van der Waals surface area (Å²) in [6.45, 7) is 4.63. The van der Waals surface area contributed by atoms with Gasteiger partial charge in [-0.05, 0) is 18.6 Å². The number of rotatable bonds is 5. The predicted octanol–water partition coefficient (Wildman–Crippen LogP) is 3.82. The van der Waals surface area contributed by atoms with E-state index in [0.717, 1.165) is 17.9 Å². The Hall–Kier alpha value is -2.47. The molecule has 0 aliphatic carbocycles. The van der Waals surface area contributed by atoms with Crippen LogP contribution >= 0.6 is 11.3 Å². The highest BCUT2D eigenvalue weighted by molar-refractivity contribution is 7.17. The second-order valence-electron chi connectivity index (χ2n) is 5.47. The first-order valence-corrected chi connectivity index (χ1v) is 8.15. The summed E-state index contributed by atoms with van der Waals surface area (Å²) in [6, 6.07) is 12.2. The highest BCUT2D eigenvalue weighted by Crippen LogP contribution is 2.27. The van der Waals surface area contributed by atoms with Gasteiger partial charge in [0.05, 0.1) is 5.69 Å². The first-order valence-electron chi connectivity index (χ1n) is 7.34. The Bertz CT molecular complexity index is 823. The van der Waals surface area contributed by atoms with Crippen LogP contribution in [0.3, 0.4) is 0 Å². The van der Waals surface area contributed by atoms with Gasteiger partial charge in [0.1, 0.15) is 15.6 Å². The number of aromatic nitrogens is 3. The fourth-order valence-corrected chi connectivity index (χ4v) is 3.32. The second-order valence-corrected chi connectivity index (χ2v) is 6.47. The van der Waals surface area contributed by atoms with Crippen LogP contribution in [0.15, 0.2) is 42.6 Å². The van der Waals surface area contributed by atoms with Crippen molar-refractivity contribution in [2.75, 3.05) is 0 Å². The Kier molecular flexibility index (Phi) is 4.25. The molecule has 23 heavy (non-hydrogen) atoms. The summed E-state index contributed by atoms with van der Waals surface area (Å²) in [7, 11) is 0. The molecule has 0 aliphatic rings. The molecule has 0 aliphatic heterocycles. The number of nitrogens with zero attached hydrogens (tertiary/aromatic N) is 3. The normalized spacial score (nSPS) is 12.3. The van der Waals surface area contributed by atoms with Gasteiger partial charge in [0.15, 0.2) is 0 Å². The summed E-state index contributed by atoms with van der Waals surface area (Å²) in [5.41, 5.74) is 2.51. The van der Waals surface area contributed by atoms with Gasteiger partial charge in [0, 0.05) is 18.7 Å². The van der Waals surface area contributed by atoms with Gasteiger partial charge in [-0.25, -0.2) is 9.78 Å². The Morgan fingerprint density at radius 2 is 2.04 bits per heavy atom. The van der Waals surface area contributed by atoms with Crippen molar-refractivity contribution >= 4 is 17.3 Å². The lowest BCUT2D eigenvalue weighted by molar-refractivity contribution is 0.0701. The van der Waals surface area contributed by atoms with Gasteiger partial charge in [-0.2, -0.15) is 5.10 Å². The van der Waals surface area contributed by atoms with Crippen molar-refractivity contribution in [3.63, 3.8) is 0 Å². The van der Waals surface area contributed by atoms with E-state index in [0.29, 0.717) is 22.3 Å². The molecule has 1 aromatic carbocycles. The molecule has 0 amide bonds. The number of carboxylic acids is 1. The van der Waals surface area contributed by atoms with Gasteiger partial charge in [0.2, 0.25) is 0 Å². The average Bonchev–Trinajstić information content (AvgIpc) is 3.14. The number of hydrogen-bond donors (Lipinski definition) is 1. The largest absolute Gasteiger partial charge is 0.477 e. The Morgan fingerprint density at radius 1 is 1.30 bits per heavy atom. The standard InChI is InChI=1S/C17H17N3O2S/c1-11(13-6-4-3-5-7-13)10-20-9-8-14(19-20)16-18-12(2)15(23-16)17(21)22/h3-9,11H,10H2,1-2H3,(H,21,22)/t11-/m0/s1. The highest BCUT2D eigenvalue weighted by Gasteiger charge is 2.17. The molecule has 5 nitrogen and oxygen atoms in total. The number of hydrogen-bond acceptors (Lipinski definition) is 4. The minimum absolute atomic E-state index is 0.271. The van der Waals surface area contributed by atoms with Crippen LogP contribution in [0.5, 0.6) is 0 Å². The Balaban J connectivity index is 1.78. The van der Waals surface area contributed by atoms with E-state index in [-0.39, 0.29) is 4.88 Å². The van der Waals surface area contributed by atoms with E-state index in [1.165, 1.54) is 5.56 Å². The zero-order valence-corrected chi connectivity index (χ0v) is 13.7. The van der Waals surface area contributed by atoms with E-state index in [9.17, 15) is 4.79 Å². The van der Waals surface area contributed by atoms with Gasteiger partial charge in [0.25, 0.3) is 0 Å². The third-order valence-electron chi connectivity index (χ3n) is 3.68. The van der Waals surface area contributed by atoms with E-state index < -0.39 is 5.97 Å². The molecule has 3 rings (SSSR count). The van der Waals surface area contributed by atoms with Gasteiger partial charge in [-0.3, -0.25) is 4.68 Å². The summed E-state index contributed by atoms with van der Waals surface area (Å²) in [5, 5.41) is 14.3. The van der Waals surface area contributed by atoms with Crippen LogP contribution < -0.4 is 0 Å². The summed E-state index contributed by atoms with van der Waals surface area (Å²) < 4.78 is 1.88. The van der Waals surface area contributed by atoms with Gasteiger partial charge in [-0.15, -0.1) is 11.3 Å². The van der Waals surface area contributed by atoms with E-state index >= 15 is 0 Å². The van der Waals surface area contributed by atoms with Crippen molar-refractivity contribution in [3.05, 3.63) is 58.7 Å². The molecule has 118 valence electrons. The Morgan fingerprint density at radius 3 is 2.70 bits per heavy atom. The molecule has 0 saturated heterocycles. The minimum Gasteiger partial charge on any atom is -0.477 e. The SMILES string of the molecule is Cc1nc(-c2ccn(C[C@H](C)c3ccccc3)n2)sc1C(=O)O. The predicted molar refractivity (Wildman–Crippen MR) is 89.9 cm³/mol. The molecule has 0 bridgehead atoms. The third kappa shape index (κ3) is 3.32. The number of carbonyl (C=O) groups is 1. The van der Waals surface area contributed by atoms with Crippen molar-refractivity contribution in [2.24, 2.45) is 0 Å². The monoisotopic (exact) mass is 327 g/mol. The molecule has 2 aromatic heterocycles. The van der Waals surface area contributed by atoms with Crippen LogP contribution in [-0.2, 0) is 6.54 Å². The maximum absolute atomic E-state index is 11.1. The fraction of sp³-hybridized carbons (Fsp3) is 0.235. The smallest absolute Gasteiger partial charge is 0.347 e. The number of benzene rings is 1. The molecule has 6 heteroatoms. The molecule has 0 fully saturated rings. The summed E-state index contributed by atoms with van der Waals surface area (Å²) in [5.74, 6) is -0.597. The van der Waals surface area contributed by atoms with Crippen LogP contribution in [0, 0.1) is 6.92 Å². The Labute approximate surface area is 138 Å². The lowest BCUT2D eigenvalue weighted by Gasteiger charge is -2.11. The van der Waals surface area contributed by atoms with Crippen molar-refractivity contribution in [2.45, 2.75) is 26.3 Å². The van der Waals surface area contributed by atoms with Crippen LogP contribution in [0.25, 0.3) is 10.7 Å². The summed E-state index contributed by atoms with van der Waals surface area (Å²) >= 11 is 1.16. The fourth-order valence-electron chi connectivity index (χ4n) is 2.45. The molecule has 0 unspecified atom stereocenters. The van der Waals surface area contributed by atoms with E-state index in [1.807, 2.05) is 35.1 Å². The molecule has 0 radical (unpaired) electrons. The maximum Gasteiger partial charge on any atom is 0.347 e. The van der Waals surface area contributed by atoms with Gasteiger partial charge >= 0.3 is 5.97 Å². The number of thiazole rings is 1. The van der Waals surface area contributed by atoms with Crippen LogP contribution in [0.4, 0.5) is 0 Å². The van der Waals surface area contributed by atoms with Gasteiger partial charge < -0.3 is 5.11 Å². The first kappa shape index (κ1) is 15.4. The van der Waals surface area contributed by atoms with E-state index in [4.69, 9.17) is 5.11 Å². The number of aryl methyl sites for hydroxylation is 1. The summed E-state index contributed by atoms with van der Waals surface area (Å²) in [4.78, 5) is 15.7. The summed E-state index contributed by atoms with van der Waals surface area (Å²) in [6.07, 6.45) is 1.91. The van der Waals surface area contributed by atoms with Gasteiger partial charge in [-0.1, -0.05) is 37.3 Å². The zero-order chi connectivity index (χ0) is 16.4. The third-order valence-corrected chi connectivity index (χ3v) is 4.85. The molecule has 2 heterocycles. The lowest BCUT2D eigenvalue weighted by Crippen LogP contribution is -2.06. The van der Waals surface area contributed by atoms with Crippen molar-refractivity contribution in [1.82, 2.24) is 14.8 Å². The van der Waals surface area contributed by atoms with Crippen LogP contribution in [-0.4, -0.2) is 25.8 Å². The van der Waals surface area contributed by atoms with Crippen molar-refractivity contribution in [3.8, 4) is 10.7 Å². The molecule has 3 aromatic rings. The molecule has 0 saturated carbocycles. The topological polar surface area (TPSA) is 68.0 Å². The van der Waals surface area contributed by atoms with E-state index in [1.54, 1.807) is 6.92 Å². The average molecular weight is 327 g/mol. The van der Waals surface area contributed by atoms with Crippen LogP contribution in [0.1, 0.15) is 33.8 Å². The molecular formula is C17H17N3O2S. The zero-order valence-electron chi connectivity index (χ0n) is 12.9. The molecule has 0 spiro atoms. The number of aromatic carboxylic acids is 1. The van der Waals surface area contributed by atoms with Crippen LogP contribution in [0.2, 0.25) is 0 Å². The number of carboxylic acid groups (broad SMARTS) is 1.